The van der Waals surface area contributed by atoms with Gasteiger partial charge in [-0.25, -0.2) is 4.79 Å². The topological polar surface area (TPSA) is 230 Å². The normalized spacial score (nSPS) is 15.1. The molecule has 10 N–H and O–H groups in total. The van der Waals surface area contributed by atoms with E-state index < -0.39 is 60.4 Å². The molecule has 0 saturated heterocycles. The summed E-state index contributed by atoms with van der Waals surface area (Å²) in [4.78, 5) is 64.8. The van der Waals surface area contributed by atoms with Crippen molar-refractivity contribution in [2.45, 2.75) is 63.7 Å². The number of nitrogens with two attached hydrogens (primary N) is 2. The van der Waals surface area contributed by atoms with Gasteiger partial charge in [-0.05, 0) is 24.0 Å². The summed E-state index contributed by atoms with van der Waals surface area (Å²) in [5, 5.41) is 26.5. The number of amides is 4. The number of aliphatic hydroxyl groups excluding tert-OH is 1. The van der Waals surface area contributed by atoms with Crippen molar-refractivity contribution in [1.29, 1.82) is 0 Å². The van der Waals surface area contributed by atoms with Gasteiger partial charge in [0.15, 0.2) is 0 Å². The molecule has 38 heavy (non-hydrogen) atoms. The second-order valence-corrected chi connectivity index (χ2v) is 9.18. The number of H-pyrrole nitrogens is 1. The van der Waals surface area contributed by atoms with Gasteiger partial charge in [-0.15, -0.1) is 0 Å². The zero-order chi connectivity index (χ0) is 28.4. The van der Waals surface area contributed by atoms with E-state index in [2.05, 4.69) is 20.9 Å². The minimum absolute atomic E-state index is 0.0490. The number of carboxylic acid groups (broad SMARTS) is 1. The highest BCUT2D eigenvalue weighted by Gasteiger charge is 2.31. The second-order valence-electron chi connectivity index (χ2n) is 9.18. The monoisotopic (exact) mass is 532 g/mol. The number of carbonyl (C=O) groups excluding carboxylic acids is 4. The molecule has 0 aliphatic rings. The summed E-state index contributed by atoms with van der Waals surface area (Å²) in [6, 6.07) is 2.36. The number of nitrogens with one attached hydrogen (secondary N) is 4. The minimum atomic E-state index is -1.62. The lowest BCUT2D eigenvalue weighted by atomic mass is 9.98. The molecule has 0 fully saturated rings. The van der Waals surface area contributed by atoms with Gasteiger partial charge in [0, 0.05) is 29.9 Å². The predicted octanol–water partition coefficient (Wildman–Crippen LogP) is -1.12. The fourth-order valence-electron chi connectivity index (χ4n) is 3.80. The van der Waals surface area contributed by atoms with Crippen molar-refractivity contribution in [3.63, 3.8) is 0 Å². The van der Waals surface area contributed by atoms with Gasteiger partial charge in [0.2, 0.25) is 23.6 Å². The van der Waals surface area contributed by atoms with E-state index in [9.17, 15) is 29.1 Å². The van der Waals surface area contributed by atoms with Crippen molar-refractivity contribution in [3.05, 3.63) is 36.0 Å². The number of aliphatic carboxylic acids is 1. The highest BCUT2D eigenvalue weighted by Crippen LogP contribution is 2.19. The maximum absolute atomic E-state index is 13.4. The Labute approximate surface area is 219 Å². The van der Waals surface area contributed by atoms with E-state index in [0.717, 1.165) is 16.5 Å². The first-order valence-electron chi connectivity index (χ1n) is 12.3. The van der Waals surface area contributed by atoms with E-state index >= 15 is 0 Å². The highest BCUT2D eigenvalue weighted by molar-refractivity contribution is 5.95. The zero-order valence-electron chi connectivity index (χ0n) is 21.4. The Morgan fingerprint density at radius 1 is 0.974 bits per heavy atom. The maximum Gasteiger partial charge on any atom is 0.328 e. The van der Waals surface area contributed by atoms with E-state index in [-0.39, 0.29) is 25.2 Å². The average Bonchev–Trinajstić information content (AvgIpc) is 3.30. The summed E-state index contributed by atoms with van der Waals surface area (Å²) in [6.45, 7) is 2.81. The zero-order valence-corrected chi connectivity index (χ0v) is 21.4. The van der Waals surface area contributed by atoms with Gasteiger partial charge >= 0.3 is 5.97 Å². The molecular formula is C25H36N6O7. The second kappa shape index (κ2) is 14.1. The maximum atomic E-state index is 13.4. The Morgan fingerprint density at radius 3 is 2.18 bits per heavy atom. The van der Waals surface area contributed by atoms with E-state index in [4.69, 9.17) is 16.6 Å². The van der Waals surface area contributed by atoms with Crippen LogP contribution in [0, 0.1) is 5.92 Å². The number of hydrogen-bond donors (Lipinski definition) is 8. The molecule has 0 bridgehead atoms. The molecule has 0 radical (unpaired) electrons. The van der Waals surface area contributed by atoms with E-state index in [1.807, 2.05) is 38.1 Å². The van der Waals surface area contributed by atoms with Gasteiger partial charge < -0.3 is 42.6 Å². The molecule has 5 unspecified atom stereocenters. The first-order chi connectivity index (χ1) is 18.0. The molecule has 0 saturated carbocycles. The Morgan fingerprint density at radius 2 is 1.58 bits per heavy atom. The summed E-state index contributed by atoms with van der Waals surface area (Å²) < 4.78 is 0. The summed E-state index contributed by atoms with van der Waals surface area (Å²) >= 11 is 0. The molecule has 0 spiro atoms. The molecule has 2 aromatic rings. The molecule has 1 heterocycles. The van der Waals surface area contributed by atoms with E-state index in [1.165, 1.54) is 0 Å². The van der Waals surface area contributed by atoms with Crippen LogP contribution in [0.2, 0.25) is 0 Å². The van der Waals surface area contributed by atoms with Crippen molar-refractivity contribution < 1.29 is 34.2 Å². The van der Waals surface area contributed by atoms with Gasteiger partial charge in [0.1, 0.15) is 18.1 Å². The van der Waals surface area contributed by atoms with Crippen LogP contribution >= 0.6 is 0 Å². The lowest BCUT2D eigenvalue weighted by Crippen LogP contribution is -2.58. The minimum Gasteiger partial charge on any atom is -0.480 e. The number of aromatic nitrogens is 1. The molecule has 13 heteroatoms. The Kier molecular flexibility index (Phi) is 11.2. The van der Waals surface area contributed by atoms with Gasteiger partial charge in [-0.3, -0.25) is 19.2 Å². The van der Waals surface area contributed by atoms with Crippen molar-refractivity contribution in [2.24, 2.45) is 17.4 Å². The van der Waals surface area contributed by atoms with E-state index in [0.29, 0.717) is 6.42 Å². The third-order valence-corrected chi connectivity index (χ3v) is 6.40. The predicted molar refractivity (Wildman–Crippen MR) is 138 cm³/mol. The standard InChI is InChI=1S/C25H36N6O7/c1-3-13(2)21(27)24(36)30-18(10-14-11-28-16-7-5-4-6-15(14)16)23(35)29-17(8-9-20(26)33)22(34)31-19(12-32)25(37)38/h4-7,11,13,17-19,21,28,32H,3,8-10,12,27H2,1-2H3,(H2,26,33)(H,29,35)(H,30,36)(H,31,34)(H,37,38). The van der Waals surface area contributed by atoms with Crippen LogP contribution in [-0.4, -0.2) is 75.6 Å². The summed E-state index contributed by atoms with van der Waals surface area (Å²) in [7, 11) is 0. The third-order valence-electron chi connectivity index (χ3n) is 6.40. The Bertz CT molecular complexity index is 1150. The molecule has 13 nitrogen and oxygen atoms in total. The van der Waals surface area contributed by atoms with Gasteiger partial charge in [-0.2, -0.15) is 0 Å². The first-order valence-corrected chi connectivity index (χ1v) is 12.3. The van der Waals surface area contributed by atoms with Crippen molar-refractivity contribution in [3.8, 4) is 0 Å². The van der Waals surface area contributed by atoms with Crippen LogP contribution in [-0.2, 0) is 30.4 Å². The summed E-state index contributed by atoms with van der Waals surface area (Å²) in [5.74, 6) is -4.62. The number of benzene rings is 1. The number of para-hydroxylation sites is 1. The van der Waals surface area contributed by atoms with Crippen molar-refractivity contribution >= 4 is 40.5 Å². The molecule has 208 valence electrons. The third kappa shape index (κ3) is 8.28. The van der Waals surface area contributed by atoms with E-state index in [1.54, 1.807) is 6.20 Å². The molecule has 0 aliphatic carbocycles. The Balaban J connectivity index is 2.32. The van der Waals surface area contributed by atoms with Crippen LogP contribution in [0.5, 0.6) is 0 Å². The largest absolute Gasteiger partial charge is 0.480 e. The lowest BCUT2D eigenvalue weighted by molar-refractivity contribution is -0.143. The van der Waals surface area contributed by atoms with Gasteiger partial charge in [0.25, 0.3) is 0 Å². The lowest BCUT2D eigenvalue weighted by Gasteiger charge is -2.26. The number of primary amides is 1. The van der Waals surface area contributed by atoms with Gasteiger partial charge in [0.05, 0.1) is 12.6 Å². The summed E-state index contributed by atoms with van der Waals surface area (Å²) in [6.07, 6.45) is 1.88. The fraction of sp³-hybridized carbons (Fsp3) is 0.480. The van der Waals surface area contributed by atoms with Crippen LogP contribution < -0.4 is 27.4 Å². The average molecular weight is 533 g/mol. The first kappa shape index (κ1) is 30.3. The van der Waals surface area contributed by atoms with Crippen LogP contribution in [0.1, 0.15) is 38.7 Å². The fourth-order valence-corrected chi connectivity index (χ4v) is 3.80. The quantitative estimate of drug-likeness (QED) is 0.140. The number of aliphatic hydroxyl groups is 1. The van der Waals surface area contributed by atoms with Gasteiger partial charge in [-0.1, -0.05) is 38.5 Å². The molecular weight excluding hydrogens is 496 g/mol. The molecule has 1 aromatic heterocycles. The number of carbonyl (C=O) groups is 5. The molecule has 0 aliphatic heterocycles. The van der Waals surface area contributed by atoms with Crippen molar-refractivity contribution in [2.75, 3.05) is 6.61 Å². The Hall–Kier alpha value is -3.97. The number of fused-ring (bicyclic) bond motifs is 1. The molecule has 5 atom stereocenters. The number of rotatable bonds is 15. The molecule has 2 rings (SSSR count). The number of carboxylic acids is 1. The number of hydrogen-bond acceptors (Lipinski definition) is 7. The SMILES string of the molecule is CCC(C)C(N)C(=O)NC(Cc1c[nH]c2ccccc12)C(=O)NC(CCC(N)=O)C(=O)NC(CO)C(=O)O. The molecule has 4 amide bonds. The van der Waals surface area contributed by atoms with Crippen molar-refractivity contribution in [1.82, 2.24) is 20.9 Å². The van der Waals surface area contributed by atoms with Crippen LogP contribution in [0.15, 0.2) is 30.5 Å². The van der Waals surface area contributed by atoms with Crippen LogP contribution in [0.4, 0.5) is 0 Å². The van der Waals surface area contributed by atoms with Crippen LogP contribution in [0.25, 0.3) is 10.9 Å². The molecule has 1 aromatic carbocycles. The summed E-state index contributed by atoms with van der Waals surface area (Å²) in [5.41, 5.74) is 12.8. The highest BCUT2D eigenvalue weighted by atomic mass is 16.4. The van der Waals surface area contributed by atoms with Crippen LogP contribution in [0.3, 0.4) is 0 Å². The number of aromatic amines is 1. The smallest absolute Gasteiger partial charge is 0.328 e.